The fourth-order valence-electron chi connectivity index (χ4n) is 4.93. The molecule has 1 amide bonds. The van der Waals surface area contributed by atoms with Gasteiger partial charge in [0.1, 0.15) is 5.82 Å². The molecule has 0 saturated carbocycles. The molecule has 9 heteroatoms. The molecule has 3 aromatic carbocycles. The molecule has 0 aliphatic carbocycles. The minimum Gasteiger partial charge on any atom is -0.550 e. The van der Waals surface area contributed by atoms with Crippen LogP contribution in [0.2, 0.25) is 0 Å². The molecule has 4 rings (SSSR count). The summed E-state index contributed by atoms with van der Waals surface area (Å²) in [6.07, 6.45) is -3.49. The summed E-state index contributed by atoms with van der Waals surface area (Å²) in [5.74, 6) is -3.03. The van der Waals surface area contributed by atoms with Crippen LogP contribution in [-0.4, -0.2) is 76.6 Å². The van der Waals surface area contributed by atoms with Crippen LogP contribution in [0.25, 0.3) is 22.4 Å². The predicted molar refractivity (Wildman–Crippen MR) is 160 cm³/mol. The van der Waals surface area contributed by atoms with Crippen LogP contribution in [-0.2, 0) is 11.3 Å². The number of aliphatic hydroxyl groups excluding tert-OH is 2. The van der Waals surface area contributed by atoms with Crippen LogP contribution in [0.3, 0.4) is 0 Å². The molecule has 0 aliphatic heterocycles. The third-order valence-electron chi connectivity index (χ3n) is 6.61. The topological polar surface area (TPSA) is 115 Å². The van der Waals surface area contributed by atoms with Crippen molar-refractivity contribution in [1.29, 1.82) is 0 Å². The quantitative estimate of drug-likeness (QED) is 0.205. The number of aromatic nitrogens is 1. The molecule has 0 aliphatic rings. The van der Waals surface area contributed by atoms with Gasteiger partial charge in [-0.25, -0.2) is 4.39 Å². The molecule has 214 valence electrons. The first-order chi connectivity index (χ1) is 21.7. The second kappa shape index (κ2) is 15.5. The number of halogens is 1. The number of hydrogen-bond acceptors (Lipinski definition) is 5. The molecule has 0 spiro atoms. The van der Waals surface area contributed by atoms with Gasteiger partial charge in [0.25, 0.3) is 5.91 Å². The molecular formula is C33H34CaFN2O5+. The maximum atomic E-state index is 14.2. The Labute approximate surface area is 282 Å². The molecule has 2 atom stereocenters. The fraction of sp³-hybridized carbons (Fsp3) is 0.273. The molecule has 0 saturated heterocycles. The van der Waals surface area contributed by atoms with Gasteiger partial charge in [-0.2, -0.15) is 0 Å². The Morgan fingerprint density at radius 2 is 1.62 bits per heavy atom. The third kappa shape index (κ3) is 8.30. The van der Waals surface area contributed by atoms with Gasteiger partial charge in [0.05, 0.1) is 30.3 Å². The van der Waals surface area contributed by atoms with Crippen LogP contribution in [0.5, 0.6) is 0 Å². The molecule has 2 unspecified atom stereocenters. The van der Waals surface area contributed by atoms with Gasteiger partial charge in [0, 0.05) is 35.9 Å². The van der Waals surface area contributed by atoms with Crippen molar-refractivity contribution in [3.05, 3.63) is 102 Å². The number of carboxylic acids is 1. The minimum absolute atomic E-state index is 0. The summed E-state index contributed by atoms with van der Waals surface area (Å²) < 4.78 is 58.4. The van der Waals surface area contributed by atoms with Gasteiger partial charge in [0.2, 0.25) is 0 Å². The first kappa shape index (κ1) is 26.6. The van der Waals surface area contributed by atoms with E-state index in [2.05, 4.69) is 5.32 Å². The van der Waals surface area contributed by atoms with Gasteiger partial charge in [-0.3, -0.25) is 4.79 Å². The largest absolute Gasteiger partial charge is 2.00 e. The van der Waals surface area contributed by atoms with Crippen molar-refractivity contribution in [3.63, 3.8) is 0 Å². The van der Waals surface area contributed by atoms with Crippen LogP contribution < -0.4 is 10.4 Å². The maximum Gasteiger partial charge on any atom is 2.00 e. The summed E-state index contributed by atoms with van der Waals surface area (Å²) in [6.45, 7) is 3.63. The number of nitrogens with one attached hydrogen (secondary N) is 1. The van der Waals surface area contributed by atoms with Crippen molar-refractivity contribution in [1.82, 2.24) is 4.57 Å². The molecular weight excluding hydrogens is 563 g/mol. The van der Waals surface area contributed by atoms with E-state index in [1.165, 1.54) is 24.3 Å². The van der Waals surface area contributed by atoms with Crippen molar-refractivity contribution in [3.8, 4) is 22.4 Å². The number of aliphatic hydroxyl groups is 2. The molecule has 0 fully saturated rings. The maximum absolute atomic E-state index is 14.2. The van der Waals surface area contributed by atoms with Crippen LogP contribution in [0.1, 0.15) is 61.9 Å². The van der Waals surface area contributed by atoms with Crippen molar-refractivity contribution < 1.29 is 36.2 Å². The zero-order valence-corrected chi connectivity index (χ0v) is 25.6. The Morgan fingerprint density at radius 3 is 2.21 bits per heavy atom. The van der Waals surface area contributed by atoms with Crippen LogP contribution in [0, 0.1) is 5.82 Å². The van der Waals surface area contributed by atoms with E-state index in [1.54, 1.807) is 34.9 Å². The minimum atomic E-state index is -1.47. The predicted octanol–water partition coefficient (Wildman–Crippen LogP) is 4.60. The molecule has 0 bridgehead atoms. The second-order valence-corrected chi connectivity index (χ2v) is 10.0. The number of carboxylic acid groups (broad SMARTS) is 1. The van der Waals surface area contributed by atoms with Gasteiger partial charge >= 0.3 is 37.7 Å². The Hall–Kier alpha value is -3.01. The van der Waals surface area contributed by atoms with E-state index in [0.29, 0.717) is 16.9 Å². The van der Waals surface area contributed by atoms with Crippen molar-refractivity contribution >= 4 is 55.3 Å². The van der Waals surface area contributed by atoms with Crippen molar-refractivity contribution in [2.24, 2.45) is 0 Å². The van der Waals surface area contributed by atoms with Crippen molar-refractivity contribution in [2.75, 3.05) is 5.32 Å². The first-order valence-corrected chi connectivity index (χ1v) is 13.2. The number of carbonyl (C=O) groups is 2. The van der Waals surface area contributed by atoms with E-state index < -0.39 is 72.5 Å². The summed E-state index contributed by atoms with van der Waals surface area (Å²) >= 11 is 0. The number of para-hydroxylation sites is 1. The standard InChI is InChI=1S/C33H35FN2O5.Ca/c1-21(2)31-30(33(41)35-25-11-7-4-8-12-25)29(22-9-5-3-6-10-22)32(23-13-15-24(34)16-14-23)36(31)18-17-26(37)19-27(38)20-28(39)40;/h3-16,21,26-27,37-38H,17-20H2,1-2H3,(H,35,41)(H,39,40);/q;+2/p-1/i3D,5D,6D,9D,10D;. The van der Waals surface area contributed by atoms with Crippen molar-refractivity contribution in [2.45, 2.75) is 57.8 Å². The van der Waals surface area contributed by atoms with Gasteiger partial charge in [-0.15, -0.1) is 0 Å². The Kier molecular flexibility index (Phi) is 9.79. The monoisotopic (exact) mass is 602 g/mol. The van der Waals surface area contributed by atoms with E-state index >= 15 is 0 Å². The van der Waals surface area contributed by atoms with E-state index in [1.807, 2.05) is 13.8 Å². The third-order valence-corrected chi connectivity index (χ3v) is 6.61. The zero-order chi connectivity index (χ0) is 33.9. The Morgan fingerprint density at radius 1 is 0.976 bits per heavy atom. The number of amides is 1. The van der Waals surface area contributed by atoms with E-state index in [9.17, 15) is 29.3 Å². The second-order valence-electron chi connectivity index (χ2n) is 10.0. The Bertz CT molecular complexity index is 1720. The number of aliphatic carboxylic acids is 1. The van der Waals surface area contributed by atoms with Crippen LogP contribution in [0.15, 0.2) is 84.8 Å². The number of hydrogen-bond donors (Lipinski definition) is 3. The summed E-state index contributed by atoms with van der Waals surface area (Å²) in [7, 11) is 0. The first-order valence-electron chi connectivity index (χ1n) is 15.7. The summed E-state index contributed by atoms with van der Waals surface area (Å²) in [6, 6.07) is 10.9. The number of nitrogens with zero attached hydrogens (tertiary/aromatic N) is 1. The molecule has 7 nitrogen and oxygen atoms in total. The van der Waals surface area contributed by atoms with Crippen LogP contribution >= 0.6 is 0 Å². The number of rotatable bonds is 12. The van der Waals surface area contributed by atoms with E-state index in [0.717, 1.165) is 0 Å². The zero-order valence-electron chi connectivity index (χ0n) is 28.4. The summed E-state index contributed by atoms with van der Waals surface area (Å²) in [4.78, 5) is 25.2. The number of benzene rings is 3. The smallest absolute Gasteiger partial charge is 0.550 e. The van der Waals surface area contributed by atoms with E-state index in [4.69, 9.17) is 6.85 Å². The fourth-order valence-corrected chi connectivity index (χ4v) is 4.93. The SMILES string of the molecule is [2H]c1c([2H])c([2H])c(-c2c(C(=O)Nc3ccccc3)c(C(C)C)n(CCC(O)CC(O)CC(=O)[O-])c2-c2ccc(F)cc2)c([2H])c1[2H].[Ca+2]. The molecule has 42 heavy (non-hydrogen) atoms. The normalized spacial score (nSPS) is 14.1. The average Bonchev–Trinajstić information content (AvgIpc) is 3.33. The van der Waals surface area contributed by atoms with Gasteiger partial charge in [-0.05, 0) is 66.3 Å². The van der Waals surface area contributed by atoms with Gasteiger partial charge in [-0.1, -0.05) is 62.3 Å². The van der Waals surface area contributed by atoms with Gasteiger partial charge < -0.3 is 30.0 Å². The molecule has 1 heterocycles. The molecule has 3 N–H and O–H groups in total. The summed E-state index contributed by atoms with van der Waals surface area (Å²) in [5, 5.41) is 34.6. The molecule has 0 radical (unpaired) electrons. The number of carbonyl (C=O) groups excluding carboxylic acids is 2. The van der Waals surface area contributed by atoms with Crippen LogP contribution in [0.4, 0.5) is 10.1 Å². The van der Waals surface area contributed by atoms with Gasteiger partial charge in [0.15, 0.2) is 0 Å². The number of anilines is 1. The average molecular weight is 603 g/mol. The molecule has 1 aromatic heterocycles. The summed E-state index contributed by atoms with van der Waals surface area (Å²) in [5.41, 5.74) is 1.32. The van der Waals surface area contributed by atoms with E-state index in [-0.39, 0.29) is 79.5 Å². The molecule has 4 aromatic rings. The Balaban J connectivity index is 0.00000600.